The molecule has 0 saturated heterocycles. The largest absolute Gasteiger partial charge is 0.497 e. The first kappa shape index (κ1) is 15.1. The zero-order valence-corrected chi connectivity index (χ0v) is 14.4. The van der Waals surface area contributed by atoms with Crippen molar-refractivity contribution in [2.24, 2.45) is 0 Å². The fourth-order valence-corrected chi connectivity index (χ4v) is 2.96. The lowest BCUT2D eigenvalue weighted by Crippen LogP contribution is -2.34. The lowest BCUT2D eigenvalue weighted by Gasteiger charge is -2.28. The zero-order chi connectivity index (χ0) is 15.5. The van der Waals surface area contributed by atoms with Gasteiger partial charge in [0.2, 0.25) is 5.91 Å². The summed E-state index contributed by atoms with van der Waals surface area (Å²) >= 11 is 2.10. The van der Waals surface area contributed by atoms with Crippen molar-refractivity contribution in [1.82, 2.24) is 4.90 Å². The third-order valence-electron chi connectivity index (χ3n) is 3.72. The second kappa shape index (κ2) is 6.56. The Bertz CT molecular complexity index is 720. The average molecular weight is 409 g/mol. The van der Waals surface area contributed by atoms with Crippen molar-refractivity contribution in [3.05, 3.63) is 57.1 Å². The second-order valence-electron chi connectivity index (χ2n) is 5.12. The van der Waals surface area contributed by atoms with E-state index in [2.05, 4.69) is 28.7 Å². The molecule has 1 amide bonds. The molecule has 1 aromatic heterocycles. The summed E-state index contributed by atoms with van der Waals surface area (Å²) in [6.07, 6.45) is 4.16. The number of methoxy groups -OCH3 is 1. The first-order valence-electron chi connectivity index (χ1n) is 7.04. The van der Waals surface area contributed by atoms with Crippen LogP contribution in [0.2, 0.25) is 0 Å². The third-order valence-corrected chi connectivity index (χ3v) is 4.30. The number of hydrogen-bond donors (Lipinski definition) is 0. The molecule has 0 aliphatic carbocycles. The van der Waals surface area contributed by atoms with Crippen LogP contribution in [0.1, 0.15) is 16.9 Å². The quantitative estimate of drug-likeness (QED) is 0.576. The normalized spacial score (nSPS) is 14.2. The third kappa shape index (κ3) is 3.35. The Hall–Kier alpha value is -1.76. The first-order chi connectivity index (χ1) is 10.7. The Balaban J connectivity index is 1.70. The number of halogens is 1. The number of fused-ring (bicyclic) bond motifs is 1. The molecule has 0 fully saturated rings. The molecule has 1 aliphatic rings. The maximum Gasteiger partial charge on any atom is 0.246 e. The van der Waals surface area contributed by atoms with Crippen LogP contribution in [0.5, 0.6) is 5.75 Å². The Morgan fingerprint density at radius 3 is 2.91 bits per heavy atom. The molecule has 0 radical (unpaired) electrons. The lowest BCUT2D eigenvalue weighted by molar-refractivity contribution is -0.126. The molecule has 1 aliphatic heterocycles. The molecule has 114 valence electrons. The van der Waals surface area contributed by atoms with Crippen molar-refractivity contribution in [3.8, 4) is 5.75 Å². The van der Waals surface area contributed by atoms with Crippen LogP contribution < -0.4 is 4.74 Å². The predicted octanol–water partition coefficient (Wildman–Crippen LogP) is 3.49. The molecule has 1 aromatic carbocycles. The molecular formula is C17H16INO3. The summed E-state index contributed by atoms with van der Waals surface area (Å²) in [6.45, 7) is 1.35. The van der Waals surface area contributed by atoms with E-state index in [4.69, 9.17) is 9.15 Å². The summed E-state index contributed by atoms with van der Waals surface area (Å²) in [6, 6.07) is 9.77. The van der Waals surface area contributed by atoms with Crippen molar-refractivity contribution in [1.29, 1.82) is 0 Å². The van der Waals surface area contributed by atoms with Crippen LogP contribution in [0.25, 0.3) is 6.08 Å². The van der Waals surface area contributed by atoms with E-state index in [9.17, 15) is 4.79 Å². The first-order valence-corrected chi connectivity index (χ1v) is 8.12. The van der Waals surface area contributed by atoms with Crippen molar-refractivity contribution >= 4 is 34.6 Å². The van der Waals surface area contributed by atoms with Gasteiger partial charge in [-0.2, -0.15) is 0 Å². The smallest absolute Gasteiger partial charge is 0.246 e. The predicted molar refractivity (Wildman–Crippen MR) is 92.6 cm³/mol. The van der Waals surface area contributed by atoms with E-state index < -0.39 is 0 Å². The van der Waals surface area contributed by atoms with E-state index in [-0.39, 0.29) is 5.91 Å². The van der Waals surface area contributed by atoms with Gasteiger partial charge in [-0.1, -0.05) is 6.07 Å². The Kier molecular flexibility index (Phi) is 4.52. The van der Waals surface area contributed by atoms with Crippen LogP contribution in [-0.4, -0.2) is 24.5 Å². The highest BCUT2D eigenvalue weighted by molar-refractivity contribution is 14.1. The molecule has 5 heteroatoms. The number of hydrogen-bond acceptors (Lipinski definition) is 3. The summed E-state index contributed by atoms with van der Waals surface area (Å²) in [5, 5.41) is 0. The lowest BCUT2D eigenvalue weighted by atomic mass is 9.99. The van der Waals surface area contributed by atoms with Gasteiger partial charge in [0.25, 0.3) is 0 Å². The summed E-state index contributed by atoms with van der Waals surface area (Å²) in [4.78, 5) is 14.1. The number of furan rings is 1. The molecule has 0 atom stereocenters. The highest BCUT2D eigenvalue weighted by atomic mass is 127. The minimum atomic E-state index is -0.000113. The minimum Gasteiger partial charge on any atom is -0.497 e. The van der Waals surface area contributed by atoms with Gasteiger partial charge in [-0.05, 0) is 70.5 Å². The molecule has 4 nitrogen and oxygen atoms in total. The van der Waals surface area contributed by atoms with Crippen LogP contribution in [0.3, 0.4) is 0 Å². The summed E-state index contributed by atoms with van der Waals surface area (Å²) in [7, 11) is 1.65. The van der Waals surface area contributed by atoms with Gasteiger partial charge in [-0.3, -0.25) is 4.79 Å². The maximum absolute atomic E-state index is 12.3. The number of amides is 1. The van der Waals surface area contributed by atoms with E-state index in [0.717, 1.165) is 28.0 Å². The summed E-state index contributed by atoms with van der Waals surface area (Å²) in [5.74, 6) is 1.52. The van der Waals surface area contributed by atoms with E-state index in [0.29, 0.717) is 12.3 Å². The molecule has 0 N–H and O–H groups in total. The highest BCUT2D eigenvalue weighted by Crippen LogP contribution is 2.24. The number of benzene rings is 1. The van der Waals surface area contributed by atoms with Gasteiger partial charge in [0.1, 0.15) is 11.5 Å². The van der Waals surface area contributed by atoms with Crippen molar-refractivity contribution in [2.75, 3.05) is 13.7 Å². The average Bonchev–Trinajstić information content (AvgIpc) is 2.97. The van der Waals surface area contributed by atoms with Gasteiger partial charge in [-0.15, -0.1) is 0 Å². The van der Waals surface area contributed by atoms with Crippen LogP contribution in [0, 0.1) is 3.77 Å². The number of carbonyl (C=O) groups excluding carboxylic acids is 1. The van der Waals surface area contributed by atoms with Gasteiger partial charge in [0, 0.05) is 19.2 Å². The standard InChI is InChI=1S/C17H16INO3/c1-21-15-3-2-12-8-9-19(11-13(12)10-15)17(20)7-5-14-4-6-16(18)22-14/h2-7,10H,8-9,11H2,1H3. The molecule has 2 aromatic rings. The Labute approximate surface area is 142 Å². The van der Waals surface area contributed by atoms with Crippen LogP contribution in [0.4, 0.5) is 0 Å². The van der Waals surface area contributed by atoms with Gasteiger partial charge in [0.05, 0.1) is 7.11 Å². The number of ether oxygens (including phenoxy) is 1. The number of nitrogens with zero attached hydrogens (tertiary/aromatic N) is 1. The van der Waals surface area contributed by atoms with E-state index in [1.165, 1.54) is 5.56 Å². The second-order valence-corrected chi connectivity index (χ2v) is 6.18. The maximum atomic E-state index is 12.3. The van der Waals surface area contributed by atoms with Gasteiger partial charge >= 0.3 is 0 Å². The monoisotopic (exact) mass is 409 g/mol. The SMILES string of the molecule is COc1ccc2c(c1)CN(C(=O)C=Cc1ccc(I)o1)CC2. The van der Waals surface area contributed by atoms with Gasteiger partial charge < -0.3 is 14.1 Å². The topological polar surface area (TPSA) is 42.7 Å². The van der Waals surface area contributed by atoms with Gasteiger partial charge in [0.15, 0.2) is 3.77 Å². The fraction of sp³-hybridized carbons (Fsp3) is 0.235. The van der Waals surface area contributed by atoms with Crippen LogP contribution in [0.15, 0.2) is 40.8 Å². The molecule has 3 rings (SSSR count). The molecule has 0 spiro atoms. The Morgan fingerprint density at radius 2 is 2.18 bits per heavy atom. The van der Waals surface area contributed by atoms with Crippen molar-refractivity contribution in [2.45, 2.75) is 13.0 Å². The molecule has 0 bridgehead atoms. The van der Waals surface area contributed by atoms with Gasteiger partial charge in [-0.25, -0.2) is 0 Å². The Morgan fingerprint density at radius 1 is 1.32 bits per heavy atom. The molecule has 0 unspecified atom stereocenters. The van der Waals surface area contributed by atoms with Crippen molar-refractivity contribution in [3.63, 3.8) is 0 Å². The summed E-state index contributed by atoms with van der Waals surface area (Å²) in [5.41, 5.74) is 2.44. The number of rotatable bonds is 3. The van der Waals surface area contributed by atoms with E-state index in [1.54, 1.807) is 19.3 Å². The van der Waals surface area contributed by atoms with Crippen LogP contribution in [-0.2, 0) is 17.8 Å². The van der Waals surface area contributed by atoms with Crippen molar-refractivity contribution < 1.29 is 13.9 Å². The van der Waals surface area contributed by atoms with E-state index >= 15 is 0 Å². The minimum absolute atomic E-state index is 0.000113. The molecule has 2 heterocycles. The summed E-state index contributed by atoms with van der Waals surface area (Å²) < 4.78 is 11.5. The van der Waals surface area contributed by atoms with Crippen LogP contribution >= 0.6 is 22.6 Å². The molecule has 0 saturated carbocycles. The van der Waals surface area contributed by atoms with E-state index in [1.807, 2.05) is 29.2 Å². The molecular weight excluding hydrogens is 393 g/mol. The fourth-order valence-electron chi connectivity index (χ4n) is 2.53. The molecule has 22 heavy (non-hydrogen) atoms. The number of carbonyl (C=O) groups is 1. The zero-order valence-electron chi connectivity index (χ0n) is 12.2. The highest BCUT2D eigenvalue weighted by Gasteiger charge is 2.19.